The molecule has 0 saturated carbocycles. The first-order chi connectivity index (χ1) is 9.10. The number of phenolic OH excluding ortho intramolecular Hbond substituents is 1. The van der Waals surface area contributed by atoms with E-state index in [9.17, 15) is 5.11 Å². The quantitative estimate of drug-likeness (QED) is 0.873. The molecule has 0 spiro atoms. The van der Waals surface area contributed by atoms with Crippen LogP contribution in [0.2, 0.25) is 0 Å². The number of aryl methyl sites for hydroxylation is 1. The van der Waals surface area contributed by atoms with Crippen molar-refractivity contribution in [1.29, 1.82) is 0 Å². The van der Waals surface area contributed by atoms with Crippen molar-refractivity contribution in [1.82, 2.24) is 0 Å². The molecule has 2 aromatic carbocycles. The van der Waals surface area contributed by atoms with Crippen molar-refractivity contribution < 1.29 is 9.84 Å². The normalized spacial score (nSPS) is 11.9. The van der Waals surface area contributed by atoms with Crippen molar-refractivity contribution in [3.63, 3.8) is 0 Å². The monoisotopic (exact) mass is 257 g/mol. The van der Waals surface area contributed by atoms with Gasteiger partial charge < -0.3 is 15.2 Å². The number of hydrogen-bond donors (Lipinski definition) is 2. The van der Waals surface area contributed by atoms with Gasteiger partial charge in [-0.25, -0.2) is 0 Å². The molecule has 3 nitrogen and oxygen atoms in total. The van der Waals surface area contributed by atoms with Gasteiger partial charge in [-0.2, -0.15) is 0 Å². The summed E-state index contributed by atoms with van der Waals surface area (Å²) in [6.07, 6.45) is 0. The summed E-state index contributed by atoms with van der Waals surface area (Å²) in [5.74, 6) is 0.899. The maximum Gasteiger partial charge on any atom is 0.124 e. The highest BCUT2D eigenvalue weighted by Crippen LogP contribution is 2.30. The Balaban J connectivity index is 2.18. The first-order valence-corrected chi connectivity index (χ1v) is 6.30. The number of ether oxygens (including phenoxy) is 1. The van der Waals surface area contributed by atoms with Crippen LogP contribution in [-0.4, -0.2) is 12.2 Å². The van der Waals surface area contributed by atoms with E-state index in [0.29, 0.717) is 5.75 Å². The van der Waals surface area contributed by atoms with Crippen LogP contribution in [0.5, 0.6) is 11.5 Å². The predicted molar refractivity (Wildman–Crippen MR) is 77.9 cm³/mol. The zero-order chi connectivity index (χ0) is 13.8. The highest BCUT2D eigenvalue weighted by atomic mass is 16.5. The van der Waals surface area contributed by atoms with Crippen LogP contribution in [0, 0.1) is 6.92 Å². The lowest BCUT2D eigenvalue weighted by molar-refractivity contribution is 0.406. The number of aromatic hydroxyl groups is 1. The molecule has 3 heteroatoms. The first-order valence-electron chi connectivity index (χ1n) is 6.30. The number of nitrogens with one attached hydrogen (secondary N) is 1. The summed E-state index contributed by atoms with van der Waals surface area (Å²) in [6.45, 7) is 4.07. The van der Waals surface area contributed by atoms with E-state index in [1.807, 2.05) is 31.2 Å². The average Bonchev–Trinajstić information content (AvgIpc) is 2.38. The molecular weight excluding hydrogens is 238 g/mol. The van der Waals surface area contributed by atoms with Crippen LogP contribution in [0.3, 0.4) is 0 Å². The van der Waals surface area contributed by atoms with Crippen LogP contribution >= 0.6 is 0 Å². The third-order valence-corrected chi connectivity index (χ3v) is 3.11. The van der Waals surface area contributed by atoms with Gasteiger partial charge >= 0.3 is 0 Å². The maximum atomic E-state index is 10.0. The standard InChI is InChI=1S/C16H19NO2/c1-11-5-4-6-13(9-11)17-12(2)15-8-7-14(19-3)10-16(15)18/h4-10,12,17-18H,1-3H3. The van der Waals surface area contributed by atoms with Crippen LogP contribution < -0.4 is 10.1 Å². The topological polar surface area (TPSA) is 41.5 Å². The third kappa shape index (κ3) is 3.19. The smallest absolute Gasteiger partial charge is 0.124 e. The fraction of sp³-hybridized carbons (Fsp3) is 0.250. The van der Waals surface area contributed by atoms with Gasteiger partial charge in [0.2, 0.25) is 0 Å². The summed E-state index contributed by atoms with van der Waals surface area (Å²) in [6, 6.07) is 13.5. The van der Waals surface area contributed by atoms with E-state index in [1.54, 1.807) is 13.2 Å². The Morgan fingerprint density at radius 2 is 1.95 bits per heavy atom. The Morgan fingerprint density at radius 3 is 2.58 bits per heavy atom. The summed E-state index contributed by atoms with van der Waals surface area (Å²) < 4.78 is 5.08. The molecule has 0 aliphatic rings. The highest BCUT2D eigenvalue weighted by molar-refractivity contribution is 5.50. The molecule has 1 atom stereocenters. The molecule has 100 valence electrons. The molecule has 2 aromatic rings. The molecule has 0 bridgehead atoms. The molecular formula is C16H19NO2. The van der Waals surface area contributed by atoms with Gasteiger partial charge in [-0.15, -0.1) is 0 Å². The minimum Gasteiger partial charge on any atom is -0.507 e. The highest BCUT2D eigenvalue weighted by Gasteiger charge is 2.11. The average molecular weight is 257 g/mol. The van der Waals surface area contributed by atoms with E-state index in [1.165, 1.54) is 5.56 Å². The van der Waals surface area contributed by atoms with Gasteiger partial charge in [0.15, 0.2) is 0 Å². The van der Waals surface area contributed by atoms with Crippen molar-refractivity contribution in [2.45, 2.75) is 19.9 Å². The minimum atomic E-state index is 0.0210. The van der Waals surface area contributed by atoms with E-state index in [0.717, 1.165) is 11.3 Å². The van der Waals surface area contributed by atoms with Crippen molar-refractivity contribution in [2.24, 2.45) is 0 Å². The predicted octanol–water partition coefficient (Wildman–Crippen LogP) is 3.88. The SMILES string of the molecule is COc1ccc(C(C)Nc2cccc(C)c2)c(O)c1. The summed E-state index contributed by atoms with van der Waals surface area (Å²) in [7, 11) is 1.59. The lowest BCUT2D eigenvalue weighted by atomic mass is 10.1. The molecule has 0 aliphatic heterocycles. The van der Waals surface area contributed by atoms with E-state index < -0.39 is 0 Å². The molecule has 2 N–H and O–H groups in total. The molecule has 0 amide bonds. The fourth-order valence-corrected chi connectivity index (χ4v) is 2.08. The van der Waals surface area contributed by atoms with Crippen LogP contribution in [0.4, 0.5) is 5.69 Å². The molecule has 0 saturated heterocycles. The summed E-state index contributed by atoms with van der Waals surface area (Å²) in [5, 5.41) is 13.4. The summed E-state index contributed by atoms with van der Waals surface area (Å²) in [4.78, 5) is 0. The Kier molecular flexibility index (Phi) is 3.95. The van der Waals surface area contributed by atoms with Gasteiger partial charge in [0, 0.05) is 17.3 Å². The van der Waals surface area contributed by atoms with E-state index in [4.69, 9.17) is 4.74 Å². The summed E-state index contributed by atoms with van der Waals surface area (Å²) >= 11 is 0. The first kappa shape index (κ1) is 13.3. The van der Waals surface area contributed by atoms with Gasteiger partial charge in [0.05, 0.1) is 13.2 Å². The van der Waals surface area contributed by atoms with E-state index >= 15 is 0 Å². The summed E-state index contributed by atoms with van der Waals surface area (Å²) in [5.41, 5.74) is 3.10. The Morgan fingerprint density at radius 1 is 1.16 bits per heavy atom. The number of hydrogen-bond acceptors (Lipinski definition) is 3. The van der Waals surface area contributed by atoms with Gasteiger partial charge in [-0.3, -0.25) is 0 Å². The van der Waals surface area contributed by atoms with Gasteiger partial charge in [0.1, 0.15) is 11.5 Å². The largest absolute Gasteiger partial charge is 0.507 e. The van der Waals surface area contributed by atoms with E-state index in [2.05, 4.69) is 24.4 Å². The molecule has 0 aliphatic carbocycles. The van der Waals surface area contributed by atoms with Gasteiger partial charge in [-0.05, 0) is 43.7 Å². The molecule has 0 fully saturated rings. The van der Waals surface area contributed by atoms with Crippen LogP contribution in [0.1, 0.15) is 24.1 Å². The molecule has 1 unspecified atom stereocenters. The van der Waals surface area contributed by atoms with E-state index in [-0.39, 0.29) is 11.8 Å². The molecule has 0 heterocycles. The Hall–Kier alpha value is -2.16. The number of phenols is 1. The lowest BCUT2D eigenvalue weighted by Gasteiger charge is -2.17. The van der Waals surface area contributed by atoms with Crippen LogP contribution in [0.15, 0.2) is 42.5 Å². The number of rotatable bonds is 4. The van der Waals surface area contributed by atoms with Gasteiger partial charge in [-0.1, -0.05) is 12.1 Å². The molecule has 0 aromatic heterocycles. The number of benzene rings is 2. The Labute approximate surface area is 113 Å². The zero-order valence-electron chi connectivity index (χ0n) is 11.5. The number of anilines is 1. The lowest BCUT2D eigenvalue weighted by Crippen LogP contribution is -2.07. The molecule has 2 rings (SSSR count). The van der Waals surface area contributed by atoms with Crippen molar-refractivity contribution in [3.8, 4) is 11.5 Å². The Bertz CT molecular complexity index is 566. The van der Waals surface area contributed by atoms with Crippen molar-refractivity contribution in [2.75, 3.05) is 12.4 Å². The molecule has 19 heavy (non-hydrogen) atoms. The van der Waals surface area contributed by atoms with Crippen LogP contribution in [0.25, 0.3) is 0 Å². The second-order valence-electron chi connectivity index (χ2n) is 4.66. The number of methoxy groups -OCH3 is 1. The third-order valence-electron chi connectivity index (χ3n) is 3.11. The van der Waals surface area contributed by atoms with Crippen molar-refractivity contribution >= 4 is 5.69 Å². The minimum absolute atomic E-state index is 0.0210. The second-order valence-corrected chi connectivity index (χ2v) is 4.66. The van der Waals surface area contributed by atoms with Crippen molar-refractivity contribution in [3.05, 3.63) is 53.6 Å². The van der Waals surface area contributed by atoms with Crippen LogP contribution in [-0.2, 0) is 0 Å². The van der Waals surface area contributed by atoms with Gasteiger partial charge in [0.25, 0.3) is 0 Å². The molecule has 0 radical (unpaired) electrons. The maximum absolute atomic E-state index is 10.0. The fourth-order valence-electron chi connectivity index (χ4n) is 2.08. The second kappa shape index (κ2) is 5.65. The zero-order valence-corrected chi connectivity index (χ0v) is 11.5.